The van der Waals surface area contributed by atoms with Gasteiger partial charge in [-0.2, -0.15) is 0 Å². The zero-order valence-corrected chi connectivity index (χ0v) is 6.84. The van der Waals surface area contributed by atoms with Gasteiger partial charge >= 0.3 is 5.97 Å². The van der Waals surface area contributed by atoms with Crippen LogP contribution in [-0.4, -0.2) is 32.3 Å². The highest BCUT2D eigenvalue weighted by molar-refractivity contribution is 5.70. The Labute approximate surface area is 66.7 Å². The molecule has 0 amide bonds. The Morgan fingerprint density at radius 1 is 1.45 bits per heavy atom. The minimum Gasteiger partial charge on any atom is -0.464 e. The van der Waals surface area contributed by atoms with Crippen LogP contribution in [0.4, 0.5) is 0 Å². The standard InChI is InChI=1S/C7H15NO3/c1-2-4-11-7(9)6-10-5-3-8/h2-6,8H2,1H3. The Bertz CT molecular complexity index is 106. The molecular formula is C7H15NO3. The summed E-state index contributed by atoms with van der Waals surface area (Å²) in [6, 6.07) is 0. The van der Waals surface area contributed by atoms with Gasteiger partial charge in [0.05, 0.1) is 13.2 Å². The van der Waals surface area contributed by atoms with Crippen molar-refractivity contribution in [2.24, 2.45) is 5.73 Å². The molecule has 4 heteroatoms. The highest BCUT2D eigenvalue weighted by Gasteiger charge is 1.99. The van der Waals surface area contributed by atoms with Gasteiger partial charge in [0, 0.05) is 6.54 Å². The van der Waals surface area contributed by atoms with Crippen LogP contribution in [0.1, 0.15) is 13.3 Å². The maximum absolute atomic E-state index is 10.7. The number of carbonyl (C=O) groups excluding carboxylic acids is 1. The molecule has 0 saturated heterocycles. The molecule has 0 aliphatic heterocycles. The van der Waals surface area contributed by atoms with Crippen molar-refractivity contribution >= 4 is 5.97 Å². The van der Waals surface area contributed by atoms with Crippen molar-refractivity contribution < 1.29 is 14.3 Å². The number of esters is 1. The molecule has 66 valence electrons. The predicted octanol–water partition coefficient (Wildman–Crippen LogP) is -0.0851. The minimum atomic E-state index is -0.319. The molecule has 0 heterocycles. The lowest BCUT2D eigenvalue weighted by Gasteiger charge is -2.02. The van der Waals surface area contributed by atoms with Crippen LogP contribution in [0.3, 0.4) is 0 Å². The van der Waals surface area contributed by atoms with E-state index in [1.165, 1.54) is 0 Å². The maximum atomic E-state index is 10.7. The first-order valence-corrected chi connectivity index (χ1v) is 3.74. The zero-order valence-electron chi connectivity index (χ0n) is 6.84. The summed E-state index contributed by atoms with van der Waals surface area (Å²) in [7, 11) is 0. The molecule has 2 N–H and O–H groups in total. The average Bonchev–Trinajstić information content (AvgIpc) is 2.01. The first-order chi connectivity index (χ1) is 5.31. The molecule has 0 radical (unpaired) electrons. The molecule has 0 aromatic carbocycles. The summed E-state index contributed by atoms with van der Waals surface area (Å²) in [5.74, 6) is -0.319. The number of ether oxygens (including phenoxy) is 2. The summed E-state index contributed by atoms with van der Waals surface area (Å²) in [5.41, 5.74) is 5.14. The van der Waals surface area contributed by atoms with Gasteiger partial charge in [-0.25, -0.2) is 4.79 Å². The van der Waals surface area contributed by atoms with E-state index >= 15 is 0 Å². The second-order valence-corrected chi connectivity index (χ2v) is 2.06. The monoisotopic (exact) mass is 161 g/mol. The summed E-state index contributed by atoms with van der Waals surface area (Å²) in [6.07, 6.45) is 0.836. The van der Waals surface area contributed by atoms with E-state index in [-0.39, 0.29) is 12.6 Å². The van der Waals surface area contributed by atoms with Gasteiger partial charge in [0.15, 0.2) is 0 Å². The Balaban J connectivity index is 3.09. The van der Waals surface area contributed by atoms with Crippen LogP contribution in [0.2, 0.25) is 0 Å². The summed E-state index contributed by atoms with van der Waals surface area (Å²) < 4.78 is 9.58. The zero-order chi connectivity index (χ0) is 8.53. The molecule has 0 spiro atoms. The average molecular weight is 161 g/mol. The molecule has 0 unspecified atom stereocenters. The van der Waals surface area contributed by atoms with E-state index in [2.05, 4.69) is 0 Å². The lowest BCUT2D eigenvalue weighted by atomic mass is 10.5. The predicted molar refractivity (Wildman–Crippen MR) is 41.1 cm³/mol. The van der Waals surface area contributed by atoms with Gasteiger partial charge in [0.2, 0.25) is 0 Å². The van der Waals surface area contributed by atoms with E-state index in [1.54, 1.807) is 0 Å². The molecule has 0 aliphatic carbocycles. The topological polar surface area (TPSA) is 61.5 Å². The molecule has 0 aromatic heterocycles. The van der Waals surface area contributed by atoms with Gasteiger partial charge < -0.3 is 15.2 Å². The number of rotatable bonds is 6. The van der Waals surface area contributed by atoms with Crippen molar-refractivity contribution in [3.8, 4) is 0 Å². The van der Waals surface area contributed by atoms with Crippen LogP contribution in [0.25, 0.3) is 0 Å². The molecular weight excluding hydrogens is 146 g/mol. The van der Waals surface area contributed by atoms with E-state index in [0.29, 0.717) is 19.8 Å². The van der Waals surface area contributed by atoms with Crippen LogP contribution < -0.4 is 5.73 Å². The molecule has 0 fully saturated rings. The number of nitrogens with two attached hydrogens (primary N) is 1. The summed E-state index contributed by atoms with van der Waals surface area (Å²) in [6.45, 7) is 3.25. The van der Waals surface area contributed by atoms with E-state index in [1.807, 2.05) is 6.92 Å². The van der Waals surface area contributed by atoms with Crippen LogP contribution in [0.5, 0.6) is 0 Å². The second-order valence-electron chi connectivity index (χ2n) is 2.06. The quantitative estimate of drug-likeness (QED) is 0.437. The van der Waals surface area contributed by atoms with E-state index in [0.717, 1.165) is 6.42 Å². The molecule has 0 aliphatic rings. The molecule has 0 atom stereocenters. The van der Waals surface area contributed by atoms with Gasteiger partial charge in [0.1, 0.15) is 6.61 Å². The van der Waals surface area contributed by atoms with Crippen LogP contribution in [-0.2, 0) is 14.3 Å². The van der Waals surface area contributed by atoms with Gasteiger partial charge in [-0.3, -0.25) is 0 Å². The molecule has 4 nitrogen and oxygen atoms in total. The number of hydrogen-bond acceptors (Lipinski definition) is 4. The van der Waals surface area contributed by atoms with Crippen molar-refractivity contribution in [1.29, 1.82) is 0 Å². The molecule has 11 heavy (non-hydrogen) atoms. The number of carbonyl (C=O) groups is 1. The van der Waals surface area contributed by atoms with Gasteiger partial charge in [-0.05, 0) is 6.42 Å². The Morgan fingerprint density at radius 2 is 2.18 bits per heavy atom. The van der Waals surface area contributed by atoms with Crippen LogP contribution in [0, 0.1) is 0 Å². The lowest BCUT2D eigenvalue weighted by molar-refractivity contribution is -0.148. The fraction of sp³-hybridized carbons (Fsp3) is 0.857. The fourth-order valence-electron chi connectivity index (χ4n) is 0.496. The Morgan fingerprint density at radius 3 is 2.73 bits per heavy atom. The fourth-order valence-corrected chi connectivity index (χ4v) is 0.496. The van der Waals surface area contributed by atoms with E-state index < -0.39 is 0 Å². The van der Waals surface area contributed by atoms with Crippen molar-refractivity contribution in [2.45, 2.75) is 13.3 Å². The highest BCUT2D eigenvalue weighted by Crippen LogP contribution is 1.83. The van der Waals surface area contributed by atoms with Crippen molar-refractivity contribution in [2.75, 3.05) is 26.4 Å². The molecule has 0 bridgehead atoms. The van der Waals surface area contributed by atoms with Crippen molar-refractivity contribution in [3.63, 3.8) is 0 Å². The second kappa shape index (κ2) is 7.50. The smallest absolute Gasteiger partial charge is 0.332 e. The largest absolute Gasteiger partial charge is 0.464 e. The summed E-state index contributed by atoms with van der Waals surface area (Å²) >= 11 is 0. The Hall–Kier alpha value is -0.610. The highest BCUT2D eigenvalue weighted by atomic mass is 16.6. The lowest BCUT2D eigenvalue weighted by Crippen LogP contribution is -2.16. The van der Waals surface area contributed by atoms with Crippen molar-refractivity contribution in [1.82, 2.24) is 0 Å². The number of hydrogen-bond donors (Lipinski definition) is 1. The molecule has 0 saturated carbocycles. The third kappa shape index (κ3) is 7.29. The third-order valence-corrected chi connectivity index (χ3v) is 0.949. The van der Waals surface area contributed by atoms with Crippen LogP contribution >= 0.6 is 0 Å². The third-order valence-electron chi connectivity index (χ3n) is 0.949. The van der Waals surface area contributed by atoms with E-state index in [9.17, 15) is 4.79 Å². The van der Waals surface area contributed by atoms with Crippen molar-refractivity contribution in [3.05, 3.63) is 0 Å². The SMILES string of the molecule is CCCOC(=O)COCCN. The maximum Gasteiger partial charge on any atom is 0.332 e. The van der Waals surface area contributed by atoms with Gasteiger partial charge in [-0.15, -0.1) is 0 Å². The van der Waals surface area contributed by atoms with Gasteiger partial charge in [-0.1, -0.05) is 6.92 Å². The normalized spacial score (nSPS) is 9.64. The first-order valence-electron chi connectivity index (χ1n) is 3.74. The summed E-state index contributed by atoms with van der Waals surface area (Å²) in [5, 5.41) is 0. The molecule has 0 aromatic rings. The van der Waals surface area contributed by atoms with E-state index in [4.69, 9.17) is 15.2 Å². The first kappa shape index (κ1) is 10.4. The van der Waals surface area contributed by atoms with Crippen LogP contribution in [0.15, 0.2) is 0 Å². The Kier molecular flexibility index (Phi) is 7.08. The van der Waals surface area contributed by atoms with Gasteiger partial charge in [0.25, 0.3) is 0 Å². The minimum absolute atomic E-state index is 0.0111. The molecule has 0 rings (SSSR count). The summed E-state index contributed by atoms with van der Waals surface area (Å²) in [4.78, 5) is 10.7.